The fraction of sp³-hybridized carbons (Fsp3) is 0.300. The molecule has 2 rings (SSSR count). The maximum Gasteiger partial charge on any atom is 0.434 e. The van der Waals surface area contributed by atoms with E-state index in [1.165, 1.54) is 5.56 Å². The lowest BCUT2D eigenvalue weighted by atomic mass is 10.1. The molecule has 0 radical (unpaired) electrons. The van der Waals surface area contributed by atoms with E-state index in [2.05, 4.69) is 0 Å². The molecule has 0 saturated carbocycles. The van der Waals surface area contributed by atoms with Crippen molar-refractivity contribution in [1.82, 2.24) is 0 Å². The van der Waals surface area contributed by atoms with Gasteiger partial charge in [-0.05, 0) is 17.7 Å². The maximum absolute atomic E-state index is 8.52. The van der Waals surface area contributed by atoms with Crippen LogP contribution < -0.4 is 25.9 Å². The Morgan fingerprint density at radius 1 is 1.35 bits per heavy atom. The summed E-state index contributed by atoms with van der Waals surface area (Å²) in [6.07, 6.45) is 0.897. The fourth-order valence-corrected chi connectivity index (χ4v) is 1.50. The van der Waals surface area contributed by atoms with Gasteiger partial charge < -0.3 is 18.6 Å². The minimum absolute atomic E-state index is 0.314. The lowest BCUT2D eigenvalue weighted by Crippen LogP contribution is -2.97. The summed E-state index contributed by atoms with van der Waals surface area (Å²) in [7, 11) is -5.17. The molecule has 112 valence electrons. The average molecular weight is 305 g/mol. The van der Waals surface area contributed by atoms with Crippen molar-refractivity contribution >= 4 is 16.4 Å². The lowest BCUT2D eigenvalue weighted by molar-refractivity contribution is -0.567. The summed E-state index contributed by atoms with van der Waals surface area (Å²) in [5.74, 6) is 2.00. The second-order valence-electron chi connectivity index (χ2n) is 3.84. The highest BCUT2D eigenvalue weighted by Crippen LogP contribution is 2.32. The van der Waals surface area contributed by atoms with Gasteiger partial charge in [0.2, 0.25) is 6.79 Å². The van der Waals surface area contributed by atoms with Crippen molar-refractivity contribution in [3.8, 4) is 11.5 Å². The first-order valence-corrected chi connectivity index (χ1v) is 6.85. The van der Waals surface area contributed by atoms with E-state index in [0.29, 0.717) is 12.8 Å². The van der Waals surface area contributed by atoms with Crippen LogP contribution in [0.25, 0.3) is 0 Å². The molecule has 0 fully saturated rings. The Morgan fingerprint density at radius 3 is 2.55 bits per heavy atom. The van der Waals surface area contributed by atoms with E-state index in [9.17, 15) is 0 Å². The van der Waals surface area contributed by atoms with Crippen molar-refractivity contribution in [2.75, 3.05) is 13.3 Å². The van der Waals surface area contributed by atoms with Crippen molar-refractivity contribution in [1.29, 1.82) is 0 Å². The van der Waals surface area contributed by atoms with Crippen LogP contribution in [-0.4, -0.2) is 36.8 Å². The second kappa shape index (κ2) is 7.05. The summed E-state index contributed by atoms with van der Waals surface area (Å²) in [5, 5.41) is 7.15. The minimum Gasteiger partial charge on any atom is -0.759 e. The smallest absolute Gasteiger partial charge is 0.434 e. The molecule has 1 aliphatic heterocycles. The molecule has 10 heteroatoms. The molecule has 0 unspecified atom stereocenters. The Bertz CT molecular complexity index is 566. The van der Waals surface area contributed by atoms with Gasteiger partial charge in [-0.25, -0.2) is 16.5 Å². The number of nitrogens with two attached hydrogens (primary N) is 3. The molecule has 20 heavy (non-hydrogen) atoms. The monoisotopic (exact) mass is 305 g/mol. The summed E-state index contributed by atoms with van der Waals surface area (Å²) in [6, 6.07) is 5.93. The van der Waals surface area contributed by atoms with E-state index >= 15 is 0 Å². The van der Waals surface area contributed by atoms with Gasteiger partial charge in [0.25, 0.3) is 0 Å². The molecule has 1 aromatic carbocycles. The Kier molecular flexibility index (Phi) is 5.70. The average Bonchev–Trinajstić information content (AvgIpc) is 2.73. The molecule has 0 bridgehead atoms. The van der Waals surface area contributed by atoms with Crippen LogP contribution in [0.3, 0.4) is 0 Å². The Morgan fingerprint density at radius 2 is 1.95 bits per heavy atom. The van der Waals surface area contributed by atoms with Gasteiger partial charge in [-0.1, -0.05) is 6.07 Å². The van der Waals surface area contributed by atoms with Crippen LogP contribution in [0.5, 0.6) is 11.5 Å². The minimum atomic E-state index is -5.17. The van der Waals surface area contributed by atoms with Gasteiger partial charge in [-0.2, -0.15) is 0 Å². The van der Waals surface area contributed by atoms with Gasteiger partial charge in [-0.3, -0.25) is 8.42 Å². The molecule has 0 spiro atoms. The summed E-state index contributed by atoms with van der Waals surface area (Å²) in [5.41, 5.74) is 6.53. The van der Waals surface area contributed by atoms with E-state index < -0.39 is 10.4 Å². The molecule has 0 saturated heterocycles. The van der Waals surface area contributed by atoms with Gasteiger partial charge in [0.1, 0.15) is 0 Å². The Labute approximate surface area is 115 Å². The second-order valence-corrected chi connectivity index (χ2v) is 4.66. The number of quaternary nitrogens is 1. The number of rotatable bonds is 3. The van der Waals surface area contributed by atoms with Crippen LogP contribution in [0.1, 0.15) is 5.56 Å². The van der Waals surface area contributed by atoms with E-state index in [1.807, 2.05) is 23.5 Å². The first kappa shape index (κ1) is 16.2. The maximum atomic E-state index is 8.52. The predicted molar refractivity (Wildman–Crippen MR) is 64.7 cm³/mol. The molecule has 9 nitrogen and oxygen atoms in total. The van der Waals surface area contributed by atoms with Gasteiger partial charge in [0.15, 0.2) is 11.5 Å². The van der Waals surface area contributed by atoms with E-state index in [-0.39, 0.29) is 0 Å². The molecule has 1 aromatic rings. The number of fused-ring (bicyclic) bond motifs is 1. The topological polar surface area (TPSA) is 167 Å². The number of ether oxygens (including phenoxy) is 2. The zero-order valence-corrected chi connectivity index (χ0v) is 11.3. The van der Waals surface area contributed by atoms with Crippen LogP contribution >= 0.6 is 0 Å². The van der Waals surface area contributed by atoms with Crippen LogP contribution in [0.2, 0.25) is 0 Å². The highest BCUT2D eigenvalue weighted by Gasteiger charge is 2.13. The summed E-state index contributed by atoms with van der Waals surface area (Å²) in [6.45, 7) is 1.15. The molecule has 1 aliphatic rings. The third kappa shape index (κ3) is 6.89. The molecular weight excluding hydrogens is 290 g/mol. The quantitative estimate of drug-likeness (QED) is 0.223. The third-order valence-electron chi connectivity index (χ3n) is 2.25. The van der Waals surface area contributed by atoms with Gasteiger partial charge in [0.05, 0.1) is 6.54 Å². The van der Waals surface area contributed by atoms with Gasteiger partial charge in [0, 0.05) is 16.8 Å². The molecule has 0 aliphatic carbocycles. The number of guanidine groups is 1. The zero-order valence-electron chi connectivity index (χ0n) is 10.4. The summed E-state index contributed by atoms with van der Waals surface area (Å²) in [4.78, 5) is 0. The highest BCUT2D eigenvalue weighted by atomic mass is 32.3. The number of hydrogen-bond acceptors (Lipinski definition) is 6. The van der Waals surface area contributed by atoms with E-state index in [0.717, 1.165) is 24.5 Å². The molecular formula is C10H15N3O6S. The van der Waals surface area contributed by atoms with Crippen LogP contribution in [0.15, 0.2) is 18.2 Å². The molecule has 6 N–H and O–H groups in total. The van der Waals surface area contributed by atoms with Gasteiger partial charge >= 0.3 is 5.96 Å². The third-order valence-corrected chi connectivity index (χ3v) is 2.25. The van der Waals surface area contributed by atoms with Gasteiger partial charge in [-0.15, -0.1) is 0 Å². The standard InChI is InChI=1S/C10H13N3O2.H2O4S/c11-10(12)13-4-3-7-1-2-8-9(5-7)15-6-14-8;1-5(2,3)4/h1-2,5H,3-4,6H2,(H4,11,12,13);(H2,1,2,3,4). The van der Waals surface area contributed by atoms with Crippen molar-refractivity contribution in [2.24, 2.45) is 5.73 Å². The van der Waals surface area contributed by atoms with Crippen molar-refractivity contribution < 1.29 is 37.7 Å². The fourth-order valence-electron chi connectivity index (χ4n) is 1.50. The number of benzene rings is 1. The molecule has 0 aromatic heterocycles. The summed E-state index contributed by atoms with van der Waals surface area (Å²) < 4.78 is 44.6. The van der Waals surface area contributed by atoms with E-state index in [1.54, 1.807) is 0 Å². The normalized spacial score (nSPS) is 12.5. The number of hydrogen-bond donors (Lipinski definition) is 3. The highest BCUT2D eigenvalue weighted by molar-refractivity contribution is 7.79. The van der Waals surface area contributed by atoms with Crippen LogP contribution in [0.4, 0.5) is 0 Å². The van der Waals surface area contributed by atoms with Crippen LogP contribution in [0, 0.1) is 0 Å². The largest absolute Gasteiger partial charge is 0.759 e. The first-order valence-electron chi connectivity index (χ1n) is 5.52. The van der Waals surface area contributed by atoms with Crippen molar-refractivity contribution in [3.63, 3.8) is 0 Å². The van der Waals surface area contributed by atoms with E-state index in [4.69, 9.17) is 38.1 Å². The molecule has 0 amide bonds. The first-order chi connectivity index (χ1) is 9.25. The molecule has 1 heterocycles. The van der Waals surface area contributed by atoms with Crippen LogP contribution in [-0.2, 0) is 16.8 Å². The van der Waals surface area contributed by atoms with Crippen molar-refractivity contribution in [3.05, 3.63) is 23.8 Å². The Balaban J connectivity index is 0.000000347. The zero-order chi connectivity index (χ0) is 15.2. The Hall–Kier alpha value is -1.88. The summed E-state index contributed by atoms with van der Waals surface area (Å²) >= 11 is 0. The lowest BCUT2D eigenvalue weighted by Gasteiger charge is -2.06. The van der Waals surface area contributed by atoms with Crippen molar-refractivity contribution in [2.45, 2.75) is 6.42 Å². The predicted octanol–water partition coefficient (Wildman–Crippen LogP) is -3.74. The molecule has 0 atom stereocenters. The SMILES string of the molecule is NC(=[NH2+])[NH2+]CCc1ccc2c(c1)OCO2.O=S(=O)([O-])[O-].